The third-order valence-electron chi connectivity index (χ3n) is 3.54. The molecule has 0 aliphatic carbocycles. The first-order chi connectivity index (χ1) is 9.95. The molecule has 1 N–H and O–H groups in total. The number of hydrogen-bond acceptors (Lipinski definition) is 1. The lowest BCUT2D eigenvalue weighted by Gasteiger charge is -2.21. The van der Waals surface area contributed by atoms with Gasteiger partial charge in [-0.3, -0.25) is 0 Å². The van der Waals surface area contributed by atoms with Crippen LogP contribution < -0.4 is 5.32 Å². The number of aryl methyl sites for hydroxylation is 2. The van der Waals surface area contributed by atoms with E-state index in [0.717, 1.165) is 15.6 Å². The van der Waals surface area contributed by atoms with E-state index in [1.165, 1.54) is 0 Å². The number of halogens is 3. The van der Waals surface area contributed by atoms with Crippen molar-refractivity contribution >= 4 is 15.9 Å². The minimum absolute atomic E-state index is 0.318. The van der Waals surface area contributed by atoms with E-state index in [2.05, 4.69) is 21.2 Å². The molecule has 1 nitrogen and oxygen atoms in total. The van der Waals surface area contributed by atoms with Crippen molar-refractivity contribution in [3.8, 4) is 0 Å². The molecule has 0 fully saturated rings. The summed E-state index contributed by atoms with van der Waals surface area (Å²) >= 11 is 3.45. The molecule has 1 unspecified atom stereocenters. The summed E-state index contributed by atoms with van der Waals surface area (Å²) in [5, 5.41) is 3.23. The van der Waals surface area contributed by atoms with Crippen LogP contribution in [0.2, 0.25) is 0 Å². The van der Waals surface area contributed by atoms with Gasteiger partial charge in [-0.15, -0.1) is 0 Å². The van der Waals surface area contributed by atoms with Crippen LogP contribution in [0.25, 0.3) is 0 Å². The van der Waals surface area contributed by atoms with Crippen LogP contribution in [0.5, 0.6) is 0 Å². The van der Waals surface area contributed by atoms with Crippen LogP contribution >= 0.6 is 15.9 Å². The van der Waals surface area contributed by atoms with Gasteiger partial charge >= 0.3 is 0 Å². The van der Waals surface area contributed by atoms with Gasteiger partial charge in [-0.05, 0) is 43.1 Å². The molecule has 0 radical (unpaired) electrons. The highest BCUT2D eigenvalue weighted by Gasteiger charge is 2.20. The average Bonchev–Trinajstić information content (AvgIpc) is 2.46. The summed E-state index contributed by atoms with van der Waals surface area (Å²) in [5.74, 6) is -1.55. The van der Waals surface area contributed by atoms with Gasteiger partial charge in [-0.1, -0.05) is 47.1 Å². The van der Waals surface area contributed by atoms with Crippen LogP contribution in [-0.2, 0) is 0 Å². The zero-order valence-electron chi connectivity index (χ0n) is 12.3. The van der Waals surface area contributed by atoms with Gasteiger partial charge in [0, 0.05) is 10.0 Å². The summed E-state index contributed by atoms with van der Waals surface area (Å²) in [5.41, 5.74) is 2.63. The second kappa shape index (κ2) is 6.67. The zero-order chi connectivity index (χ0) is 15.6. The minimum Gasteiger partial charge on any atom is -0.306 e. The van der Waals surface area contributed by atoms with E-state index in [0.29, 0.717) is 17.7 Å². The highest BCUT2D eigenvalue weighted by atomic mass is 79.9. The Labute approximate surface area is 132 Å². The molecule has 21 heavy (non-hydrogen) atoms. The maximum Gasteiger partial charge on any atom is 0.164 e. The molecule has 2 aromatic rings. The van der Waals surface area contributed by atoms with Gasteiger partial charge < -0.3 is 5.32 Å². The smallest absolute Gasteiger partial charge is 0.164 e. The predicted molar refractivity (Wildman–Crippen MR) is 85.5 cm³/mol. The van der Waals surface area contributed by atoms with Crippen molar-refractivity contribution in [2.45, 2.75) is 26.8 Å². The fourth-order valence-electron chi connectivity index (χ4n) is 2.34. The van der Waals surface area contributed by atoms with Crippen molar-refractivity contribution in [3.63, 3.8) is 0 Å². The second-order valence-corrected chi connectivity index (χ2v) is 5.95. The summed E-state index contributed by atoms with van der Waals surface area (Å²) in [6.45, 7) is 6.15. The van der Waals surface area contributed by atoms with E-state index in [1.807, 2.05) is 32.0 Å². The molecule has 2 aromatic carbocycles. The molecule has 0 bridgehead atoms. The summed E-state index contributed by atoms with van der Waals surface area (Å²) in [7, 11) is 0. The number of nitrogens with one attached hydrogen (secondary N) is 1. The summed E-state index contributed by atoms with van der Waals surface area (Å²) in [6, 6.07) is 8.73. The first-order valence-electron chi connectivity index (χ1n) is 6.89. The Kier molecular flexibility index (Phi) is 5.12. The van der Waals surface area contributed by atoms with E-state index < -0.39 is 11.6 Å². The molecule has 4 heteroatoms. The molecule has 112 valence electrons. The molecule has 0 aromatic heterocycles. The van der Waals surface area contributed by atoms with Gasteiger partial charge in [-0.25, -0.2) is 8.78 Å². The Hall–Kier alpha value is -1.26. The van der Waals surface area contributed by atoms with Gasteiger partial charge in [0.25, 0.3) is 0 Å². The van der Waals surface area contributed by atoms with Gasteiger partial charge in [-0.2, -0.15) is 0 Å². The van der Waals surface area contributed by atoms with Gasteiger partial charge in [0.05, 0.1) is 6.04 Å². The molecule has 2 rings (SSSR count). The Balaban J connectivity index is 2.53. The standard InChI is InChI=1S/C17H18BrF2N/c1-4-21-17(12-6-8-14(18)11(3)9-12)13-7-5-10(2)15(19)16(13)20/h5-9,17,21H,4H2,1-3H3. The molecule has 1 atom stereocenters. The maximum absolute atomic E-state index is 14.3. The number of benzene rings is 2. The summed E-state index contributed by atoms with van der Waals surface area (Å²) < 4.78 is 29.1. The summed E-state index contributed by atoms with van der Waals surface area (Å²) in [6.07, 6.45) is 0. The van der Waals surface area contributed by atoms with Crippen molar-refractivity contribution in [1.82, 2.24) is 5.32 Å². The van der Waals surface area contributed by atoms with E-state index in [4.69, 9.17) is 0 Å². The molecular formula is C17H18BrF2N. The van der Waals surface area contributed by atoms with Crippen molar-refractivity contribution in [1.29, 1.82) is 0 Å². The second-order valence-electron chi connectivity index (χ2n) is 5.10. The van der Waals surface area contributed by atoms with Crippen LogP contribution in [0.15, 0.2) is 34.8 Å². The monoisotopic (exact) mass is 353 g/mol. The lowest BCUT2D eigenvalue weighted by Crippen LogP contribution is -2.23. The van der Waals surface area contributed by atoms with Crippen LogP contribution in [0.1, 0.15) is 35.2 Å². The topological polar surface area (TPSA) is 12.0 Å². The lowest BCUT2D eigenvalue weighted by molar-refractivity contribution is 0.478. The fraction of sp³-hybridized carbons (Fsp3) is 0.294. The quantitative estimate of drug-likeness (QED) is 0.811. The van der Waals surface area contributed by atoms with Crippen LogP contribution in [-0.4, -0.2) is 6.54 Å². The first-order valence-corrected chi connectivity index (χ1v) is 7.69. The molecule has 0 heterocycles. The average molecular weight is 354 g/mol. The van der Waals surface area contributed by atoms with E-state index >= 15 is 0 Å². The van der Waals surface area contributed by atoms with Gasteiger partial charge in [0.2, 0.25) is 0 Å². The minimum atomic E-state index is -0.776. The molecule has 0 aliphatic heterocycles. The van der Waals surface area contributed by atoms with Crippen molar-refractivity contribution in [2.75, 3.05) is 6.54 Å². The predicted octanol–water partition coefficient (Wildman–Crippen LogP) is 5.04. The molecule has 0 saturated heterocycles. The molecular weight excluding hydrogens is 336 g/mol. The maximum atomic E-state index is 14.3. The Morgan fingerprint density at radius 1 is 1.05 bits per heavy atom. The largest absolute Gasteiger partial charge is 0.306 e. The van der Waals surface area contributed by atoms with Crippen molar-refractivity contribution in [3.05, 3.63) is 68.7 Å². The zero-order valence-corrected chi connectivity index (χ0v) is 13.9. The van der Waals surface area contributed by atoms with Crippen LogP contribution in [0.4, 0.5) is 8.78 Å². The third-order valence-corrected chi connectivity index (χ3v) is 4.43. The number of hydrogen-bond donors (Lipinski definition) is 1. The Morgan fingerprint density at radius 2 is 1.76 bits per heavy atom. The van der Waals surface area contributed by atoms with E-state index in [-0.39, 0.29) is 6.04 Å². The highest BCUT2D eigenvalue weighted by molar-refractivity contribution is 9.10. The summed E-state index contributed by atoms with van der Waals surface area (Å²) in [4.78, 5) is 0. The normalized spacial score (nSPS) is 12.5. The Bertz CT molecular complexity index is 655. The number of rotatable bonds is 4. The first kappa shape index (κ1) is 16.1. The Morgan fingerprint density at radius 3 is 2.38 bits per heavy atom. The van der Waals surface area contributed by atoms with E-state index in [9.17, 15) is 8.78 Å². The van der Waals surface area contributed by atoms with Crippen LogP contribution in [0, 0.1) is 25.5 Å². The van der Waals surface area contributed by atoms with Crippen LogP contribution in [0.3, 0.4) is 0 Å². The van der Waals surface area contributed by atoms with Gasteiger partial charge in [0.15, 0.2) is 11.6 Å². The van der Waals surface area contributed by atoms with Crippen molar-refractivity contribution < 1.29 is 8.78 Å². The lowest BCUT2D eigenvalue weighted by atomic mass is 9.95. The SMILES string of the molecule is CCNC(c1ccc(Br)c(C)c1)c1ccc(C)c(F)c1F. The molecule has 0 spiro atoms. The third kappa shape index (κ3) is 3.33. The van der Waals surface area contributed by atoms with Crippen molar-refractivity contribution in [2.24, 2.45) is 0 Å². The molecule has 0 saturated carbocycles. The molecule has 0 aliphatic rings. The fourth-order valence-corrected chi connectivity index (χ4v) is 2.59. The molecule has 0 amide bonds. The van der Waals surface area contributed by atoms with Gasteiger partial charge in [0.1, 0.15) is 0 Å². The highest BCUT2D eigenvalue weighted by Crippen LogP contribution is 2.29. The van der Waals surface area contributed by atoms with E-state index in [1.54, 1.807) is 19.1 Å².